The van der Waals surface area contributed by atoms with Crippen LogP contribution in [0.2, 0.25) is 5.02 Å². The second-order valence-electron chi connectivity index (χ2n) is 6.60. The molecule has 1 aromatic heterocycles. The van der Waals surface area contributed by atoms with Gasteiger partial charge in [0.15, 0.2) is 0 Å². The molecule has 6 heteroatoms. The first-order valence-corrected chi connectivity index (χ1v) is 9.22. The molecule has 3 aromatic carbocycles. The molecule has 144 valence electrons. The molecule has 0 saturated heterocycles. The Labute approximate surface area is 170 Å². The third-order valence-electron chi connectivity index (χ3n) is 4.75. The number of fused-ring (bicyclic) bond motifs is 1. The molecule has 0 bridgehead atoms. The number of aromatic nitrogens is 1. The molecule has 0 amide bonds. The van der Waals surface area contributed by atoms with Gasteiger partial charge in [-0.3, -0.25) is 9.36 Å². The Bertz CT molecular complexity index is 1280. The first kappa shape index (κ1) is 18.9. The summed E-state index contributed by atoms with van der Waals surface area (Å²) < 4.78 is 14.7. The largest absolute Gasteiger partial charge is 0.477 e. The van der Waals surface area contributed by atoms with Crippen molar-refractivity contribution in [2.45, 2.75) is 6.54 Å². The molecule has 0 unspecified atom stereocenters. The summed E-state index contributed by atoms with van der Waals surface area (Å²) in [6, 6.07) is 19.4. The number of benzene rings is 3. The molecule has 0 fully saturated rings. The average Bonchev–Trinajstić information content (AvgIpc) is 2.71. The van der Waals surface area contributed by atoms with Crippen molar-refractivity contribution in [2.24, 2.45) is 0 Å². The van der Waals surface area contributed by atoms with Crippen LogP contribution in [0.15, 0.2) is 77.6 Å². The van der Waals surface area contributed by atoms with Crippen molar-refractivity contribution < 1.29 is 14.3 Å². The first-order valence-electron chi connectivity index (χ1n) is 8.85. The van der Waals surface area contributed by atoms with Gasteiger partial charge in [0.2, 0.25) is 0 Å². The molecule has 0 saturated carbocycles. The van der Waals surface area contributed by atoms with Crippen molar-refractivity contribution >= 4 is 28.3 Å². The van der Waals surface area contributed by atoms with E-state index in [0.717, 1.165) is 5.56 Å². The minimum Gasteiger partial charge on any atom is -0.477 e. The van der Waals surface area contributed by atoms with Crippen LogP contribution in [0.25, 0.3) is 21.9 Å². The predicted molar refractivity (Wildman–Crippen MR) is 111 cm³/mol. The van der Waals surface area contributed by atoms with Gasteiger partial charge in [-0.25, -0.2) is 9.18 Å². The van der Waals surface area contributed by atoms with Crippen LogP contribution in [-0.4, -0.2) is 15.6 Å². The highest BCUT2D eigenvalue weighted by molar-refractivity contribution is 6.31. The minimum atomic E-state index is -1.25. The zero-order valence-electron chi connectivity index (χ0n) is 15.1. The second kappa shape index (κ2) is 7.53. The zero-order valence-corrected chi connectivity index (χ0v) is 15.9. The molecule has 0 radical (unpaired) electrons. The first-order chi connectivity index (χ1) is 14.0. The lowest BCUT2D eigenvalue weighted by Gasteiger charge is -2.18. The number of aromatic carboxylic acids is 1. The molecule has 1 N–H and O–H groups in total. The summed E-state index contributed by atoms with van der Waals surface area (Å²) in [5, 5.41) is 11.2. The van der Waals surface area contributed by atoms with Gasteiger partial charge in [-0.05, 0) is 46.8 Å². The Morgan fingerprint density at radius 3 is 2.31 bits per heavy atom. The Balaban J connectivity index is 2.12. The van der Waals surface area contributed by atoms with E-state index in [1.165, 1.54) is 28.8 Å². The maximum atomic E-state index is 13.5. The summed E-state index contributed by atoms with van der Waals surface area (Å²) in [4.78, 5) is 25.5. The van der Waals surface area contributed by atoms with Crippen molar-refractivity contribution in [1.82, 2.24) is 4.57 Å². The van der Waals surface area contributed by atoms with Crippen LogP contribution in [0, 0.1) is 5.82 Å². The van der Waals surface area contributed by atoms with Crippen LogP contribution >= 0.6 is 11.6 Å². The molecule has 4 rings (SSSR count). The van der Waals surface area contributed by atoms with Gasteiger partial charge >= 0.3 is 5.97 Å². The lowest BCUT2D eigenvalue weighted by molar-refractivity contribution is 0.0685. The van der Waals surface area contributed by atoms with E-state index < -0.39 is 17.3 Å². The van der Waals surface area contributed by atoms with Crippen LogP contribution in [0.3, 0.4) is 0 Å². The van der Waals surface area contributed by atoms with Gasteiger partial charge in [-0.1, -0.05) is 54.1 Å². The summed E-state index contributed by atoms with van der Waals surface area (Å²) in [6.45, 7) is 0.0913. The van der Waals surface area contributed by atoms with Crippen LogP contribution in [0.1, 0.15) is 16.1 Å². The van der Waals surface area contributed by atoms with E-state index in [9.17, 15) is 19.1 Å². The van der Waals surface area contributed by atoms with E-state index in [4.69, 9.17) is 11.6 Å². The molecular formula is C23H15ClFNO3. The van der Waals surface area contributed by atoms with Crippen molar-refractivity contribution in [2.75, 3.05) is 0 Å². The number of hydrogen-bond acceptors (Lipinski definition) is 2. The molecule has 0 atom stereocenters. The number of carboxylic acids is 1. The summed E-state index contributed by atoms with van der Waals surface area (Å²) in [5.41, 5.74) is 1.00. The fourth-order valence-electron chi connectivity index (χ4n) is 3.47. The number of carboxylic acid groups (broad SMARTS) is 1. The summed E-state index contributed by atoms with van der Waals surface area (Å²) in [7, 11) is 0. The second-order valence-corrected chi connectivity index (χ2v) is 7.04. The van der Waals surface area contributed by atoms with Gasteiger partial charge in [0.25, 0.3) is 5.56 Å². The van der Waals surface area contributed by atoms with E-state index in [1.54, 1.807) is 18.2 Å². The van der Waals surface area contributed by atoms with Crippen molar-refractivity contribution in [1.29, 1.82) is 0 Å². The maximum Gasteiger partial charge on any atom is 0.353 e. The summed E-state index contributed by atoms with van der Waals surface area (Å²) >= 11 is 6.14. The highest BCUT2D eigenvalue weighted by atomic mass is 35.5. The van der Waals surface area contributed by atoms with Gasteiger partial charge in [0, 0.05) is 16.0 Å². The number of pyridine rings is 1. The van der Waals surface area contributed by atoms with Gasteiger partial charge < -0.3 is 5.11 Å². The molecule has 1 heterocycles. The Kier molecular flexibility index (Phi) is 4.91. The quantitative estimate of drug-likeness (QED) is 0.505. The van der Waals surface area contributed by atoms with Crippen LogP contribution in [0.4, 0.5) is 4.39 Å². The van der Waals surface area contributed by atoms with E-state index in [0.29, 0.717) is 26.9 Å². The molecule has 29 heavy (non-hydrogen) atoms. The maximum absolute atomic E-state index is 13.5. The number of carbonyl (C=O) groups is 1. The minimum absolute atomic E-state index is 0.0913. The van der Waals surface area contributed by atoms with Gasteiger partial charge in [0.05, 0.1) is 6.54 Å². The normalized spacial score (nSPS) is 11.0. The van der Waals surface area contributed by atoms with E-state index >= 15 is 0 Å². The van der Waals surface area contributed by atoms with Crippen LogP contribution in [0.5, 0.6) is 0 Å². The Morgan fingerprint density at radius 1 is 0.966 bits per heavy atom. The number of halogens is 2. The standard InChI is InChI=1S/C23H15ClFNO3/c24-16-8-11-18-19(12-16)20(15-6-9-17(25)10-7-15)21(23(28)29)26(22(18)27)13-14-4-2-1-3-5-14/h1-12H,13H2,(H,28,29). The molecular weight excluding hydrogens is 393 g/mol. The number of rotatable bonds is 4. The van der Waals surface area contributed by atoms with E-state index in [-0.39, 0.29) is 12.2 Å². The fourth-order valence-corrected chi connectivity index (χ4v) is 3.64. The number of nitrogens with zero attached hydrogens (tertiary/aromatic N) is 1. The van der Waals surface area contributed by atoms with Crippen LogP contribution in [-0.2, 0) is 6.54 Å². The molecule has 0 aliphatic rings. The monoisotopic (exact) mass is 407 g/mol. The van der Waals surface area contributed by atoms with Gasteiger partial charge in [-0.15, -0.1) is 0 Å². The molecule has 4 aromatic rings. The SMILES string of the molecule is O=C(O)c1c(-c2ccc(F)cc2)c2cc(Cl)ccc2c(=O)n1Cc1ccccc1. The lowest BCUT2D eigenvalue weighted by Crippen LogP contribution is -2.28. The highest BCUT2D eigenvalue weighted by Gasteiger charge is 2.23. The molecule has 4 nitrogen and oxygen atoms in total. The molecule has 0 aliphatic heterocycles. The summed E-state index contributed by atoms with van der Waals surface area (Å²) in [6.07, 6.45) is 0. The van der Waals surface area contributed by atoms with Crippen molar-refractivity contribution in [3.8, 4) is 11.1 Å². The molecule has 0 aliphatic carbocycles. The van der Waals surface area contributed by atoms with Gasteiger partial charge in [-0.2, -0.15) is 0 Å². The third-order valence-corrected chi connectivity index (χ3v) is 4.99. The average molecular weight is 408 g/mol. The predicted octanol–water partition coefficient (Wildman–Crippen LogP) is 5.21. The third kappa shape index (κ3) is 3.52. The van der Waals surface area contributed by atoms with Crippen LogP contribution < -0.4 is 5.56 Å². The Hall–Kier alpha value is -3.44. The van der Waals surface area contributed by atoms with Gasteiger partial charge in [0.1, 0.15) is 11.5 Å². The highest BCUT2D eigenvalue weighted by Crippen LogP contribution is 2.33. The van der Waals surface area contributed by atoms with Crippen molar-refractivity contribution in [3.63, 3.8) is 0 Å². The lowest BCUT2D eigenvalue weighted by atomic mass is 9.96. The Morgan fingerprint density at radius 2 is 1.66 bits per heavy atom. The van der Waals surface area contributed by atoms with E-state index in [2.05, 4.69) is 0 Å². The summed E-state index contributed by atoms with van der Waals surface area (Å²) in [5.74, 6) is -1.69. The zero-order chi connectivity index (χ0) is 20.5. The number of hydrogen-bond donors (Lipinski definition) is 1. The van der Waals surface area contributed by atoms with Crippen molar-refractivity contribution in [3.05, 3.63) is 105 Å². The fraction of sp³-hybridized carbons (Fsp3) is 0.0435. The smallest absolute Gasteiger partial charge is 0.353 e. The topological polar surface area (TPSA) is 59.3 Å². The molecule has 0 spiro atoms. The van der Waals surface area contributed by atoms with E-state index in [1.807, 2.05) is 30.3 Å².